The Balaban J connectivity index is 1.44. The largest absolute Gasteiger partial charge is 0.431 e. The highest BCUT2D eigenvalue weighted by Gasteiger charge is 2.57. The number of nitrogens with two attached hydrogens (primary N) is 1. The zero-order valence-corrected chi connectivity index (χ0v) is 15.9. The minimum atomic E-state index is -2.94. The molecule has 3 heterocycles. The van der Waals surface area contributed by atoms with Crippen LogP contribution in [0.1, 0.15) is 31.6 Å². The Hall–Kier alpha value is -2.22. The highest BCUT2D eigenvalue weighted by Crippen LogP contribution is 2.56. The predicted molar refractivity (Wildman–Crippen MR) is 101 cm³/mol. The molecule has 1 saturated heterocycles. The molecule has 1 aliphatic heterocycles. The first-order chi connectivity index (χ1) is 13.5. The first-order valence-corrected chi connectivity index (χ1v) is 10.0. The molecule has 0 aromatic carbocycles. The third-order valence-corrected chi connectivity index (χ3v) is 6.36. The van der Waals surface area contributed by atoms with Gasteiger partial charge in [0, 0.05) is 43.5 Å². The standard InChI is InChI=1S/C20H25F2N5O/c1-2-26-8-13-14(9-26)18(13)27-10-15(25-17(27)5-11-3-4-11)12-6-16(28-20(21)22)19(23)24-7-12/h6-7,10-11,13-14,18,20H,2-5,8-9H2,1H3,(H2,23,24)/t13-,14+,18?. The van der Waals surface area contributed by atoms with Crippen LogP contribution in [-0.2, 0) is 6.42 Å². The minimum Gasteiger partial charge on any atom is -0.431 e. The van der Waals surface area contributed by atoms with Crippen LogP contribution in [0.5, 0.6) is 5.75 Å². The van der Waals surface area contributed by atoms with Gasteiger partial charge in [0.1, 0.15) is 5.82 Å². The van der Waals surface area contributed by atoms with Gasteiger partial charge in [0.2, 0.25) is 0 Å². The highest BCUT2D eigenvalue weighted by molar-refractivity contribution is 5.63. The molecule has 0 spiro atoms. The summed E-state index contributed by atoms with van der Waals surface area (Å²) < 4.78 is 32.1. The molecule has 5 rings (SSSR count). The lowest BCUT2D eigenvalue weighted by atomic mass is 10.2. The van der Waals surface area contributed by atoms with Crippen molar-refractivity contribution in [1.29, 1.82) is 0 Å². The summed E-state index contributed by atoms with van der Waals surface area (Å²) in [5.74, 6) is 3.07. The van der Waals surface area contributed by atoms with E-state index in [1.165, 1.54) is 18.9 Å². The van der Waals surface area contributed by atoms with Crippen LogP contribution in [0.2, 0.25) is 0 Å². The zero-order valence-electron chi connectivity index (χ0n) is 15.9. The van der Waals surface area contributed by atoms with Crippen LogP contribution in [0.3, 0.4) is 0 Å². The monoisotopic (exact) mass is 389 g/mol. The average molecular weight is 389 g/mol. The molecule has 2 saturated carbocycles. The fraction of sp³-hybridized carbons (Fsp3) is 0.600. The fourth-order valence-electron chi connectivity index (χ4n) is 4.60. The number of nitrogen functional groups attached to an aromatic ring is 1. The van der Waals surface area contributed by atoms with Crippen LogP contribution < -0.4 is 10.5 Å². The summed E-state index contributed by atoms with van der Waals surface area (Å²) in [7, 11) is 0. The lowest BCUT2D eigenvalue weighted by molar-refractivity contribution is -0.0494. The molecule has 2 N–H and O–H groups in total. The first kappa shape index (κ1) is 17.8. The molecule has 28 heavy (non-hydrogen) atoms. The second-order valence-electron chi connectivity index (χ2n) is 8.25. The van der Waals surface area contributed by atoms with Crippen molar-refractivity contribution < 1.29 is 13.5 Å². The minimum absolute atomic E-state index is 0.0435. The van der Waals surface area contributed by atoms with Gasteiger partial charge in [0.25, 0.3) is 0 Å². The maximum atomic E-state index is 12.6. The number of nitrogens with zero attached hydrogens (tertiary/aromatic N) is 4. The van der Waals surface area contributed by atoms with Crippen LogP contribution in [-0.4, -0.2) is 45.7 Å². The SMILES string of the molecule is CCN1C[C@@H]2C(n3cc(-c4cnc(N)c(OC(F)F)c4)nc3CC3CC3)[C@@H]2C1. The number of ether oxygens (including phenoxy) is 1. The van der Waals surface area contributed by atoms with E-state index in [1.807, 2.05) is 0 Å². The molecule has 0 radical (unpaired) electrons. The molecule has 2 aromatic rings. The van der Waals surface area contributed by atoms with Crippen LogP contribution >= 0.6 is 0 Å². The van der Waals surface area contributed by atoms with Crippen LogP contribution in [0.4, 0.5) is 14.6 Å². The molecule has 6 nitrogen and oxygen atoms in total. The Kier molecular flexibility index (Phi) is 4.26. The molecule has 3 atom stereocenters. The van der Waals surface area contributed by atoms with E-state index in [4.69, 9.17) is 10.7 Å². The summed E-state index contributed by atoms with van der Waals surface area (Å²) in [4.78, 5) is 11.4. The van der Waals surface area contributed by atoms with Crippen LogP contribution in [0.15, 0.2) is 18.5 Å². The van der Waals surface area contributed by atoms with E-state index in [9.17, 15) is 8.78 Å². The van der Waals surface area contributed by atoms with Gasteiger partial charge in [-0.1, -0.05) is 6.92 Å². The molecular weight excluding hydrogens is 364 g/mol. The summed E-state index contributed by atoms with van der Waals surface area (Å²) >= 11 is 0. The second-order valence-corrected chi connectivity index (χ2v) is 8.25. The van der Waals surface area contributed by atoms with Crippen LogP contribution in [0.25, 0.3) is 11.3 Å². The Labute approximate surface area is 162 Å². The first-order valence-electron chi connectivity index (χ1n) is 10.0. The summed E-state index contributed by atoms with van der Waals surface area (Å²) in [6, 6.07) is 2.02. The number of hydrogen-bond acceptors (Lipinski definition) is 5. The van der Waals surface area contributed by atoms with Crippen molar-refractivity contribution in [3.63, 3.8) is 0 Å². The van der Waals surface area contributed by atoms with Gasteiger partial charge in [-0.3, -0.25) is 0 Å². The molecule has 2 aromatic heterocycles. The molecule has 3 fully saturated rings. The van der Waals surface area contributed by atoms with Crippen molar-refractivity contribution in [3.05, 3.63) is 24.3 Å². The van der Waals surface area contributed by atoms with E-state index in [-0.39, 0.29) is 11.6 Å². The highest BCUT2D eigenvalue weighted by atomic mass is 19.3. The maximum Gasteiger partial charge on any atom is 0.387 e. The van der Waals surface area contributed by atoms with Gasteiger partial charge in [-0.2, -0.15) is 8.78 Å². The molecule has 8 heteroatoms. The summed E-state index contributed by atoms with van der Waals surface area (Å²) in [5.41, 5.74) is 7.08. The molecule has 0 bridgehead atoms. The number of rotatable bonds is 7. The molecule has 2 aliphatic carbocycles. The summed E-state index contributed by atoms with van der Waals surface area (Å²) in [5, 5.41) is 0. The normalized spacial score (nSPS) is 26.6. The van der Waals surface area contributed by atoms with Gasteiger partial charge in [-0.25, -0.2) is 9.97 Å². The van der Waals surface area contributed by atoms with E-state index in [1.54, 1.807) is 6.20 Å². The average Bonchev–Trinajstić information content (AvgIpc) is 3.51. The van der Waals surface area contributed by atoms with E-state index >= 15 is 0 Å². The second kappa shape index (κ2) is 6.69. The van der Waals surface area contributed by atoms with Crippen molar-refractivity contribution in [2.75, 3.05) is 25.4 Å². The number of likely N-dealkylation sites (tertiary alicyclic amines) is 1. The molecule has 3 aliphatic rings. The number of alkyl halides is 2. The lowest BCUT2D eigenvalue weighted by Gasteiger charge is -2.18. The van der Waals surface area contributed by atoms with Gasteiger partial charge in [-0.05, 0) is 43.2 Å². The maximum absolute atomic E-state index is 12.6. The Bertz CT molecular complexity index is 869. The number of anilines is 1. The van der Waals surface area contributed by atoms with Gasteiger partial charge in [-0.15, -0.1) is 0 Å². The van der Waals surface area contributed by atoms with Crippen LogP contribution in [0, 0.1) is 17.8 Å². The Morgan fingerprint density at radius 3 is 2.68 bits per heavy atom. The number of aromatic nitrogens is 3. The van der Waals surface area contributed by atoms with E-state index < -0.39 is 6.61 Å². The van der Waals surface area contributed by atoms with Crippen molar-refractivity contribution in [3.8, 4) is 17.0 Å². The third kappa shape index (κ3) is 3.23. The zero-order chi connectivity index (χ0) is 19.4. The summed E-state index contributed by atoms with van der Waals surface area (Å²) in [6.07, 6.45) is 7.15. The Morgan fingerprint density at radius 1 is 1.29 bits per heavy atom. The molecular formula is C20H25F2N5O. The van der Waals surface area contributed by atoms with E-state index in [2.05, 4.69) is 32.3 Å². The quantitative estimate of drug-likeness (QED) is 0.788. The number of imidazole rings is 1. The molecule has 150 valence electrons. The van der Waals surface area contributed by atoms with Crippen molar-refractivity contribution in [2.24, 2.45) is 17.8 Å². The van der Waals surface area contributed by atoms with Gasteiger partial charge >= 0.3 is 6.61 Å². The topological polar surface area (TPSA) is 69.2 Å². The Morgan fingerprint density at radius 2 is 2.04 bits per heavy atom. The van der Waals surface area contributed by atoms with Crippen molar-refractivity contribution in [1.82, 2.24) is 19.4 Å². The van der Waals surface area contributed by atoms with Crippen molar-refractivity contribution in [2.45, 2.75) is 38.8 Å². The van der Waals surface area contributed by atoms with Gasteiger partial charge in [0.15, 0.2) is 11.6 Å². The molecule has 1 unspecified atom stereocenters. The number of fused-ring (bicyclic) bond motifs is 1. The van der Waals surface area contributed by atoms with Crippen molar-refractivity contribution >= 4 is 5.82 Å². The third-order valence-electron chi connectivity index (χ3n) is 6.36. The van der Waals surface area contributed by atoms with E-state index in [0.29, 0.717) is 23.4 Å². The molecule has 0 amide bonds. The van der Waals surface area contributed by atoms with E-state index in [0.717, 1.165) is 43.5 Å². The number of halogens is 2. The van der Waals surface area contributed by atoms with Gasteiger partial charge < -0.3 is 19.9 Å². The fourth-order valence-corrected chi connectivity index (χ4v) is 4.60. The number of hydrogen-bond donors (Lipinski definition) is 1. The number of piperidine rings is 1. The van der Waals surface area contributed by atoms with Gasteiger partial charge in [0.05, 0.1) is 5.69 Å². The number of pyridine rings is 1. The lowest BCUT2D eigenvalue weighted by Crippen LogP contribution is -2.25. The smallest absolute Gasteiger partial charge is 0.387 e. The summed E-state index contributed by atoms with van der Waals surface area (Å²) in [6.45, 7) is 2.68. The predicted octanol–water partition coefficient (Wildman–Crippen LogP) is 3.20.